The standard InChI is InChI=1S/C10H11NO/c1-7(12)11-10-5-4-8-2-3-9(8)6-10/h4-6H,2-3H2,1H3,(H,11,12). The summed E-state index contributed by atoms with van der Waals surface area (Å²) in [6.07, 6.45) is 2.35. The van der Waals surface area contributed by atoms with Crippen LogP contribution in [0, 0.1) is 0 Å². The van der Waals surface area contributed by atoms with Crippen LogP contribution in [0.1, 0.15) is 18.1 Å². The average molecular weight is 161 g/mol. The Balaban J connectivity index is 2.23. The molecule has 0 saturated carbocycles. The summed E-state index contributed by atoms with van der Waals surface area (Å²) in [4.78, 5) is 10.7. The molecule has 1 aromatic rings. The molecule has 0 saturated heterocycles. The molecule has 2 heteroatoms. The molecule has 0 radical (unpaired) electrons. The third-order valence-corrected chi connectivity index (χ3v) is 2.19. The number of rotatable bonds is 1. The molecule has 1 aromatic carbocycles. The second-order valence-electron chi connectivity index (χ2n) is 3.16. The lowest BCUT2D eigenvalue weighted by molar-refractivity contribution is -0.114. The maximum absolute atomic E-state index is 10.7. The highest BCUT2D eigenvalue weighted by Gasteiger charge is 2.12. The lowest BCUT2D eigenvalue weighted by Crippen LogP contribution is -2.11. The molecule has 1 aliphatic carbocycles. The minimum Gasteiger partial charge on any atom is -0.326 e. The van der Waals surface area contributed by atoms with E-state index < -0.39 is 0 Å². The molecule has 2 nitrogen and oxygen atoms in total. The molecule has 62 valence electrons. The lowest BCUT2D eigenvalue weighted by atomic mass is 9.88. The molecule has 0 spiro atoms. The number of hydrogen-bond donors (Lipinski definition) is 1. The molecule has 1 N–H and O–H groups in total. The van der Waals surface area contributed by atoms with Crippen LogP contribution in [0.5, 0.6) is 0 Å². The highest BCUT2D eigenvalue weighted by atomic mass is 16.1. The molecule has 12 heavy (non-hydrogen) atoms. The van der Waals surface area contributed by atoms with Gasteiger partial charge in [-0.3, -0.25) is 4.79 Å². The van der Waals surface area contributed by atoms with Crippen molar-refractivity contribution < 1.29 is 4.79 Å². The van der Waals surface area contributed by atoms with E-state index in [1.807, 2.05) is 6.07 Å². The van der Waals surface area contributed by atoms with Crippen LogP contribution in [0.15, 0.2) is 18.2 Å². The molecule has 0 bridgehead atoms. The van der Waals surface area contributed by atoms with E-state index in [1.165, 1.54) is 24.5 Å². The zero-order valence-corrected chi connectivity index (χ0v) is 7.05. The van der Waals surface area contributed by atoms with Gasteiger partial charge in [0.2, 0.25) is 5.91 Å². The first-order chi connectivity index (χ1) is 5.75. The quantitative estimate of drug-likeness (QED) is 0.667. The fraction of sp³-hybridized carbons (Fsp3) is 0.300. The van der Waals surface area contributed by atoms with E-state index in [4.69, 9.17) is 0 Å². The zero-order chi connectivity index (χ0) is 8.55. The third kappa shape index (κ3) is 1.20. The second kappa shape index (κ2) is 2.63. The number of carbonyl (C=O) groups excluding carboxylic acids is 1. The molecule has 0 fully saturated rings. The van der Waals surface area contributed by atoms with E-state index >= 15 is 0 Å². The van der Waals surface area contributed by atoms with E-state index in [0.717, 1.165) is 12.1 Å². The SMILES string of the molecule is CC(=O)Nc1ccc2c(c1)CC2. The van der Waals surface area contributed by atoms with Crippen LogP contribution in [0.25, 0.3) is 0 Å². The zero-order valence-electron chi connectivity index (χ0n) is 7.05. The van der Waals surface area contributed by atoms with Gasteiger partial charge in [-0.05, 0) is 36.1 Å². The number of anilines is 1. The van der Waals surface area contributed by atoms with Crippen LogP contribution >= 0.6 is 0 Å². The Hall–Kier alpha value is -1.31. The van der Waals surface area contributed by atoms with Crippen LogP contribution in [0.4, 0.5) is 5.69 Å². The Labute approximate surface area is 71.6 Å². The Morgan fingerprint density at radius 3 is 2.58 bits per heavy atom. The Kier molecular flexibility index (Phi) is 1.61. The van der Waals surface area contributed by atoms with Gasteiger partial charge in [-0.2, -0.15) is 0 Å². The van der Waals surface area contributed by atoms with E-state index in [1.54, 1.807) is 0 Å². The van der Waals surface area contributed by atoms with Gasteiger partial charge in [-0.15, -0.1) is 0 Å². The van der Waals surface area contributed by atoms with Gasteiger partial charge in [0.15, 0.2) is 0 Å². The highest BCUT2D eigenvalue weighted by molar-refractivity contribution is 5.88. The summed E-state index contributed by atoms with van der Waals surface area (Å²) in [6.45, 7) is 1.53. The number of amides is 1. The molecule has 0 unspecified atom stereocenters. The normalized spacial score (nSPS) is 13.1. The van der Waals surface area contributed by atoms with Gasteiger partial charge in [-0.25, -0.2) is 0 Å². The van der Waals surface area contributed by atoms with E-state index in [0.29, 0.717) is 0 Å². The van der Waals surface area contributed by atoms with Crippen molar-refractivity contribution in [2.24, 2.45) is 0 Å². The summed E-state index contributed by atoms with van der Waals surface area (Å²) in [6, 6.07) is 6.10. The Bertz CT molecular complexity index is 331. The second-order valence-corrected chi connectivity index (χ2v) is 3.16. The van der Waals surface area contributed by atoms with Gasteiger partial charge in [-0.1, -0.05) is 6.07 Å². The molecule has 0 aromatic heterocycles. The van der Waals surface area contributed by atoms with Crippen LogP contribution in [-0.2, 0) is 17.6 Å². The van der Waals surface area contributed by atoms with Crippen molar-refractivity contribution in [2.45, 2.75) is 19.8 Å². The van der Waals surface area contributed by atoms with Crippen molar-refractivity contribution in [3.8, 4) is 0 Å². The summed E-state index contributed by atoms with van der Waals surface area (Å²) < 4.78 is 0. The molecule has 0 atom stereocenters. The molecule has 1 aliphatic rings. The molecule has 0 heterocycles. The monoisotopic (exact) mass is 161 g/mol. The van der Waals surface area contributed by atoms with Gasteiger partial charge in [0.1, 0.15) is 0 Å². The number of nitrogens with one attached hydrogen (secondary N) is 1. The van der Waals surface area contributed by atoms with Crippen LogP contribution in [0.3, 0.4) is 0 Å². The number of aryl methyl sites for hydroxylation is 2. The molecule has 0 aliphatic heterocycles. The van der Waals surface area contributed by atoms with Crippen molar-refractivity contribution >= 4 is 11.6 Å². The molecule has 1 amide bonds. The van der Waals surface area contributed by atoms with Gasteiger partial charge < -0.3 is 5.32 Å². The van der Waals surface area contributed by atoms with Crippen molar-refractivity contribution in [2.75, 3.05) is 5.32 Å². The smallest absolute Gasteiger partial charge is 0.221 e. The lowest BCUT2D eigenvalue weighted by Gasteiger charge is -2.19. The summed E-state index contributed by atoms with van der Waals surface area (Å²) in [5.74, 6) is -0.00530. The van der Waals surface area contributed by atoms with Crippen molar-refractivity contribution in [1.29, 1.82) is 0 Å². The first kappa shape index (κ1) is 7.35. The fourth-order valence-corrected chi connectivity index (χ4v) is 1.48. The predicted octanol–water partition coefficient (Wildman–Crippen LogP) is 1.74. The van der Waals surface area contributed by atoms with Crippen LogP contribution in [0.2, 0.25) is 0 Å². The topological polar surface area (TPSA) is 29.1 Å². The van der Waals surface area contributed by atoms with Gasteiger partial charge in [0, 0.05) is 12.6 Å². The minimum atomic E-state index is -0.00530. The van der Waals surface area contributed by atoms with Gasteiger partial charge >= 0.3 is 0 Å². The van der Waals surface area contributed by atoms with Crippen LogP contribution < -0.4 is 5.32 Å². The van der Waals surface area contributed by atoms with Crippen molar-refractivity contribution in [1.82, 2.24) is 0 Å². The van der Waals surface area contributed by atoms with Gasteiger partial charge in [0.25, 0.3) is 0 Å². The molecular weight excluding hydrogens is 150 g/mol. The van der Waals surface area contributed by atoms with Crippen molar-refractivity contribution in [3.05, 3.63) is 29.3 Å². The fourth-order valence-electron chi connectivity index (χ4n) is 1.48. The summed E-state index contributed by atoms with van der Waals surface area (Å²) >= 11 is 0. The summed E-state index contributed by atoms with van der Waals surface area (Å²) in [5, 5.41) is 2.77. The number of benzene rings is 1. The van der Waals surface area contributed by atoms with E-state index in [2.05, 4.69) is 17.4 Å². The molecule has 2 rings (SSSR count). The van der Waals surface area contributed by atoms with E-state index in [9.17, 15) is 4.79 Å². The number of hydrogen-bond acceptors (Lipinski definition) is 1. The maximum Gasteiger partial charge on any atom is 0.221 e. The largest absolute Gasteiger partial charge is 0.326 e. The maximum atomic E-state index is 10.7. The van der Waals surface area contributed by atoms with Gasteiger partial charge in [0.05, 0.1) is 0 Å². The Morgan fingerprint density at radius 2 is 2.08 bits per heavy atom. The minimum absolute atomic E-state index is 0.00530. The average Bonchev–Trinajstić information content (AvgIpc) is 1.94. The third-order valence-electron chi connectivity index (χ3n) is 2.19. The molecular formula is C10H11NO. The first-order valence-electron chi connectivity index (χ1n) is 4.15. The summed E-state index contributed by atoms with van der Waals surface area (Å²) in [7, 11) is 0. The number of fused-ring (bicyclic) bond motifs is 1. The first-order valence-corrected chi connectivity index (χ1v) is 4.15. The van der Waals surface area contributed by atoms with Crippen molar-refractivity contribution in [3.63, 3.8) is 0 Å². The predicted molar refractivity (Wildman–Crippen MR) is 48.2 cm³/mol. The Morgan fingerprint density at radius 1 is 1.33 bits per heavy atom. The number of carbonyl (C=O) groups is 1. The van der Waals surface area contributed by atoms with E-state index in [-0.39, 0.29) is 5.91 Å². The highest BCUT2D eigenvalue weighted by Crippen LogP contribution is 2.25. The summed E-state index contributed by atoms with van der Waals surface area (Å²) in [5.41, 5.74) is 3.71. The van der Waals surface area contributed by atoms with Crippen LogP contribution in [-0.4, -0.2) is 5.91 Å².